The van der Waals surface area contributed by atoms with Crippen molar-refractivity contribution in [1.29, 1.82) is 0 Å². The van der Waals surface area contributed by atoms with E-state index in [1.54, 1.807) is 0 Å². The molecule has 0 saturated carbocycles. The molecule has 1 aliphatic heterocycles. The zero-order valence-corrected chi connectivity index (χ0v) is 13.6. The number of rotatable bonds is 6. The maximum absolute atomic E-state index is 11.7. The van der Waals surface area contributed by atoms with Gasteiger partial charge in [0, 0.05) is 44.5 Å². The molecule has 0 spiro atoms. The lowest BCUT2D eigenvalue weighted by atomic mass is 10.0. The predicted molar refractivity (Wildman–Crippen MR) is 90.8 cm³/mol. The van der Waals surface area contributed by atoms with E-state index in [1.807, 2.05) is 11.0 Å². The van der Waals surface area contributed by atoms with Gasteiger partial charge in [-0.1, -0.05) is 30.3 Å². The van der Waals surface area contributed by atoms with Gasteiger partial charge in [0.2, 0.25) is 0 Å². The first-order valence-electron chi connectivity index (χ1n) is 7.63. The third kappa shape index (κ3) is 4.88. The Labute approximate surface area is 136 Å². The maximum Gasteiger partial charge on any atom is 0.328 e. The minimum atomic E-state index is -0.102. The Morgan fingerprint density at radius 1 is 1.32 bits per heavy atom. The van der Waals surface area contributed by atoms with Gasteiger partial charge in [0.05, 0.1) is 0 Å². The number of piperidine rings is 1. The molecule has 1 aromatic rings. The van der Waals surface area contributed by atoms with Gasteiger partial charge in [-0.05, 0) is 24.8 Å². The van der Waals surface area contributed by atoms with E-state index in [1.165, 1.54) is 5.56 Å². The van der Waals surface area contributed by atoms with E-state index < -0.39 is 0 Å². The van der Waals surface area contributed by atoms with Gasteiger partial charge >= 0.3 is 6.03 Å². The number of amides is 2. The molecular formula is C15H25N5OS. The van der Waals surface area contributed by atoms with Gasteiger partial charge < -0.3 is 10.6 Å². The van der Waals surface area contributed by atoms with Crippen LogP contribution >= 0.6 is 12.1 Å². The Bertz CT molecular complexity index is 451. The van der Waals surface area contributed by atoms with Gasteiger partial charge in [-0.25, -0.2) is 4.79 Å². The molecule has 22 heavy (non-hydrogen) atoms. The van der Waals surface area contributed by atoms with Crippen molar-refractivity contribution in [1.82, 2.24) is 14.5 Å². The van der Waals surface area contributed by atoms with Crippen molar-refractivity contribution in [2.45, 2.75) is 25.3 Å². The Balaban J connectivity index is 1.79. The minimum Gasteiger partial charge on any atom is -0.324 e. The number of likely N-dealkylation sites (tertiary alicyclic amines) is 1. The van der Waals surface area contributed by atoms with Crippen LogP contribution in [0.15, 0.2) is 30.3 Å². The molecule has 1 fully saturated rings. The molecule has 0 aliphatic carbocycles. The molecule has 0 radical (unpaired) electrons. The Morgan fingerprint density at radius 2 is 2.00 bits per heavy atom. The van der Waals surface area contributed by atoms with E-state index in [0.717, 1.165) is 51.0 Å². The Hall–Kier alpha value is -1.28. The zero-order valence-electron chi connectivity index (χ0n) is 12.8. The molecule has 0 bridgehead atoms. The summed E-state index contributed by atoms with van der Waals surface area (Å²) in [5.41, 5.74) is 7.25. The lowest BCUT2D eigenvalue weighted by Crippen LogP contribution is -2.50. The average molecular weight is 323 g/mol. The van der Waals surface area contributed by atoms with Gasteiger partial charge in [-0.3, -0.25) is 14.8 Å². The van der Waals surface area contributed by atoms with E-state index in [-0.39, 0.29) is 6.03 Å². The SMILES string of the molecule is NCN(CCc1ccccc1)C1CCN(C(=O)NSN)CC1. The summed E-state index contributed by atoms with van der Waals surface area (Å²) < 4.78 is 2.56. The number of hydrogen-bond donors (Lipinski definition) is 3. The average Bonchev–Trinajstić information content (AvgIpc) is 2.57. The minimum absolute atomic E-state index is 0.102. The Kier molecular flexibility index (Phi) is 6.98. The van der Waals surface area contributed by atoms with E-state index in [4.69, 9.17) is 10.9 Å². The summed E-state index contributed by atoms with van der Waals surface area (Å²) in [6.45, 7) is 3.01. The maximum atomic E-state index is 11.7. The van der Waals surface area contributed by atoms with Gasteiger partial charge in [0.15, 0.2) is 0 Å². The van der Waals surface area contributed by atoms with Gasteiger partial charge in [0.25, 0.3) is 0 Å². The highest BCUT2D eigenvalue weighted by molar-refractivity contribution is 7.95. The molecule has 1 heterocycles. The van der Waals surface area contributed by atoms with Crippen LogP contribution in [-0.4, -0.2) is 48.2 Å². The summed E-state index contributed by atoms with van der Waals surface area (Å²) >= 11 is 0.849. The fraction of sp³-hybridized carbons (Fsp3) is 0.533. The first-order chi connectivity index (χ1) is 10.7. The highest BCUT2D eigenvalue weighted by atomic mass is 32.2. The summed E-state index contributed by atoms with van der Waals surface area (Å²) in [6.07, 6.45) is 2.91. The van der Waals surface area contributed by atoms with Crippen molar-refractivity contribution in [3.63, 3.8) is 0 Å². The molecule has 5 N–H and O–H groups in total. The van der Waals surface area contributed by atoms with E-state index in [9.17, 15) is 4.79 Å². The molecule has 1 saturated heterocycles. The van der Waals surface area contributed by atoms with Crippen LogP contribution in [0.3, 0.4) is 0 Å². The molecule has 0 unspecified atom stereocenters. The van der Waals surface area contributed by atoms with Crippen LogP contribution < -0.4 is 15.6 Å². The summed E-state index contributed by atoms with van der Waals surface area (Å²) in [5.74, 6) is 0. The quantitative estimate of drug-likeness (QED) is 0.540. The normalized spacial score (nSPS) is 16.0. The number of benzene rings is 1. The topological polar surface area (TPSA) is 87.6 Å². The molecule has 1 aromatic carbocycles. The second-order valence-electron chi connectivity index (χ2n) is 5.47. The zero-order chi connectivity index (χ0) is 15.8. The molecule has 122 valence electrons. The van der Waals surface area contributed by atoms with E-state index >= 15 is 0 Å². The smallest absolute Gasteiger partial charge is 0.324 e. The second kappa shape index (κ2) is 8.99. The van der Waals surface area contributed by atoms with Gasteiger partial charge in [-0.2, -0.15) is 0 Å². The van der Waals surface area contributed by atoms with Crippen molar-refractivity contribution < 1.29 is 4.79 Å². The molecule has 1 aliphatic rings. The highest BCUT2D eigenvalue weighted by Crippen LogP contribution is 2.17. The van der Waals surface area contributed by atoms with Crippen LogP contribution in [0.2, 0.25) is 0 Å². The van der Waals surface area contributed by atoms with Crippen molar-refractivity contribution in [3.8, 4) is 0 Å². The number of hydrogen-bond acceptors (Lipinski definition) is 5. The molecule has 0 aromatic heterocycles. The van der Waals surface area contributed by atoms with Gasteiger partial charge in [-0.15, -0.1) is 0 Å². The fourth-order valence-corrected chi connectivity index (χ4v) is 3.12. The third-order valence-electron chi connectivity index (χ3n) is 4.18. The van der Waals surface area contributed by atoms with Crippen molar-refractivity contribution in [3.05, 3.63) is 35.9 Å². The van der Waals surface area contributed by atoms with Crippen molar-refractivity contribution in [2.24, 2.45) is 10.9 Å². The number of carbonyl (C=O) groups excluding carboxylic acids is 1. The van der Waals surface area contributed by atoms with Crippen molar-refractivity contribution in [2.75, 3.05) is 26.3 Å². The third-order valence-corrected chi connectivity index (χ3v) is 4.47. The summed E-state index contributed by atoms with van der Waals surface area (Å²) in [5, 5.41) is 5.26. The number of nitrogens with one attached hydrogen (secondary N) is 1. The van der Waals surface area contributed by atoms with Crippen LogP contribution in [0.5, 0.6) is 0 Å². The first-order valence-corrected chi connectivity index (χ1v) is 8.51. The molecular weight excluding hydrogens is 298 g/mol. The molecule has 2 rings (SSSR count). The lowest BCUT2D eigenvalue weighted by Gasteiger charge is -2.37. The highest BCUT2D eigenvalue weighted by Gasteiger charge is 2.26. The largest absolute Gasteiger partial charge is 0.328 e. The standard InChI is InChI=1S/C15H25N5OS/c16-12-20(9-6-13-4-2-1-3-5-13)14-7-10-19(11-8-14)15(21)18-22-17/h1-5,14H,6-12,16-17H2,(H,18,21). The second-order valence-corrected chi connectivity index (χ2v) is 5.91. The fourth-order valence-electron chi connectivity index (χ4n) is 2.89. The monoisotopic (exact) mass is 323 g/mol. The summed E-state index contributed by atoms with van der Waals surface area (Å²) in [7, 11) is 0. The Morgan fingerprint density at radius 3 is 2.59 bits per heavy atom. The molecule has 6 nitrogen and oxygen atoms in total. The van der Waals surface area contributed by atoms with E-state index in [0.29, 0.717) is 12.7 Å². The van der Waals surface area contributed by atoms with Crippen LogP contribution in [0.4, 0.5) is 4.79 Å². The van der Waals surface area contributed by atoms with Crippen LogP contribution in [0, 0.1) is 0 Å². The van der Waals surface area contributed by atoms with Crippen molar-refractivity contribution >= 4 is 18.2 Å². The van der Waals surface area contributed by atoms with Crippen LogP contribution in [0.1, 0.15) is 18.4 Å². The number of nitrogens with zero attached hydrogens (tertiary/aromatic N) is 2. The van der Waals surface area contributed by atoms with Crippen LogP contribution in [0.25, 0.3) is 0 Å². The number of carbonyl (C=O) groups is 1. The molecule has 2 amide bonds. The van der Waals surface area contributed by atoms with Gasteiger partial charge in [0.1, 0.15) is 0 Å². The summed E-state index contributed by atoms with van der Waals surface area (Å²) in [4.78, 5) is 15.9. The molecule has 0 atom stereocenters. The number of urea groups is 1. The number of nitrogens with two attached hydrogens (primary N) is 2. The molecule has 7 heteroatoms. The predicted octanol–water partition coefficient (Wildman–Crippen LogP) is 1.14. The van der Waals surface area contributed by atoms with Crippen LogP contribution in [-0.2, 0) is 6.42 Å². The summed E-state index contributed by atoms with van der Waals surface area (Å²) in [6, 6.07) is 10.8. The van der Waals surface area contributed by atoms with E-state index in [2.05, 4.69) is 33.9 Å². The first kappa shape index (κ1) is 17.1. The lowest BCUT2D eigenvalue weighted by molar-refractivity contribution is 0.122.